The number of nitrogens with zero attached hydrogens (tertiary/aromatic N) is 2. The lowest BCUT2D eigenvalue weighted by Gasteiger charge is -2.14. The zero-order valence-corrected chi connectivity index (χ0v) is 8.62. The smallest absolute Gasteiger partial charge is 0.227 e. The molecule has 0 saturated carbocycles. The van der Waals surface area contributed by atoms with Crippen molar-refractivity contribution in [3.63, 3.8) is 0 Å². The highest BCUT2D eigenvalue weighted by Gasteiger charge is 2.21. The maximum absolute atomic E-state index is 11.4. The predicted molar refractivity (Wildman–Crippen MR) is 53.5 cm³/mol. The van der Waals surface area contributed by atoms with Gasteiger partial charge in [0, 0.05) is 24.8 Å². The van der Waals surface area contributed by atoms with Gasteiger partial charge in [-0.2, -0.15) is 0 Å². The lowest BCUT2D eigenvalue weighted by atomic mass is 10.4. The Balaban J connectivity index is 2.29. The second kappa shape index (κ2) is 3.46. The SMILES string of the molecule is O=C1CCCN1c1ccnc(Br)c1. The zero-order chi connectivity index (χ0) is 9.26. The molecule has 0 radical (unpaired) electrons. The lowest BCUT2D eigenvalue weighted by molar-refractivity contribution is -0.117. The van der Waals surface area contributed by atoms with Gasteiger partial charge >= 0.3 is 0 Å². The van der Waals surface area contributed by atoms with Crippen molar-refractivity contribution in [2.45, 2.75) is 12.8 Å². The standard InChI is InChI=1S/C9H9BrN2O/c10-8-6-7(3-4-11-8)12-5-1-2-9(12)13/h3-4,6H,1-2,5H2. The lowest BCUT2D eigenvalue weighted by Crippen LogP contribution is -2.23. The molecule has 1 aliphatic heterocycles. The first-order chi connectivity index (χ1) is 6.27. The summed E-state index contributed by atoms with van der Waals surface area (Å²) in [5.74, 6) is 0.207. The number of halogens is 1. The Kier molecular flexibility index (Phi) is 2.31. The number of aromatic nitrogens is 1. The Bertz CT molecular complexity index is 340. The molecule has 3 nitrogen and oxygen atoms in total. The molecule has 13 heavy (non-hydrogen) atoms. The van der Waals surface area contributed by atoms with Crippen molar-refractivity contribution in [1.29, 1.82) is 0 Å². The molecule has 1 amide bonds. The molecule has 1 fully saturated rings. The summed E-state index contributed by atoms with van der Waals surface area (Å²) in [5, 5.41) is 0. The van der Waals surface area contributed by atoms with Gasteiger partial charge in [-0.15, -0.1) is 0 Å². The van der Waals surface area contributed by atoms with E-state index in [2.05, 4.69) is 20.9 Å². The first kappa shape index (κ1) is 8.69. The van der Waals surface area contributed by atoms with E-state index < -0.39 is 0 Å². The summed E-state index contributed by atoms with van der Waals surface area (Å²) >= 11 is 3.28. The van der Waals surface area contributed by atoms with Gasteiger partial charge in [0.25, 0.3) is 0 Å². The van der Waals surface area contributed by atoms with Gasteiger partial charge in [-0.25, -0.2) is 4.98 Å². The molecule has 0 unspecified atom stereocenters. The molecule has 2 heterocycles. The van der Waals surface area contributed by atoms with E-state index in [1.54, 1.807) is 11.1 Å². The molecule has 1 aromatic heterocycles. The van der Waals surface area contributed by atoms with Gasteiger partial charge < -0.3 is 4.90 Å². The molecule has 68 valence electrons. The van der Waals surface area contributed by atoms with Crippen molar-refractivity contribution in [1.82, 2.24) is 4.98 Å². The summed E-state index contributed by atoms with van der Waals surface area (Å²) in [5.41, 5.74) is 0.935. The van der Waals surface area contributed by atoms with Crippen molar-refractivity contribution in [3.05, 3.63) is 22.9 Å². The minimum atomic E-state index is 0.207. The van der Waals surface area contributed by atoms with Crippen molar-refractivity contribution in [3.8, 4) is 0 Å². The summed E-state index contributed by atoms with van der Waals surface area (Å²) in [4.78, 5) is 17.2. The molecule has 1 aliphatic rings. The van der Waals surface area contributed by atoms with Gasteiger partial charge in [0.05, 0.1) is 0 Å². The van der Waals surface area contributed by atoms with Crippen LogP contribution in [0.5, 0.6) is 0 Å². The monoisotopic (exact) mass is 240 g/mol. The number of anilines is 1. The van der Waals surface area contributed by atoms with Crippen LogP contribution in [0, 0.1) is 0 Å². The third kappa shape index (κ3) is 1.72. The van der Waals surface area contributed by atoms with E-state index in [4.69, 9.17) is 0 Å². The highest BCUT2D eigenvalue weighted by atomic mass is 79.9. The van der Waals surface area contributed by atoms with Crippen LogP contribution in [0.2, 0.25) is 0 Å². The summed E-state index contributed by atoms with van der Waals surface area (Å²) in [7, 11) is 0. The largest absolute Gasteiger partial charge is 0.312 e. The molecule has 0 aromatic carbocycles. The molecule has 1 saturated heterocycles. The Hall–Kier alpha value is -0.900. The predicted octanol–water partition coefficient (Wildman–Crippen LogP) is 1.97. The van der Waals surface area contributed by atoms with Crippen molar-refractivity contribution in [2.24, 2.45) is 0 Å². The first-order valence-electron chi connectivity index (χ1n) is 4.19. The average molecular weight is 241 g/mol. The molecule has 1 aromatic rings. The van der Waals surface area contributed by atoms with E-state index in [0.29, 0.717) is 6.42 Å². The third-order valence-electron chi connectivity index (χ3n) is 2.10. The Morgan fingerprint density at radius 3 is 3.00 bits per heavy atom. The van der Waals surface area contributed by atoms with Gasteiger partial charge in [0.1, 0.15) is 4.60 Å². The van der Waals surface area contributed by atoms with Crippen molar-refractivity contribution in [2.75, 3.05) is 11.4 Å². The van der Waals surface area contributed by atoms with E-state index in [-0.39, 0.29) is 5.91 Å². The summed E-state index contributed by atoms with van der Waals surface area (Å²) < 4.78 is 0.768. The number of amides is 1. The molecule has 4 heteroatoms. The average Bonchev–Trinajstić information content (AvgIpc) is 2.51. The molecular formula is C9H9BrN2O. The van der Waals surface area contributed by atoms with E-state index in [0.717, 1.165) is 23.3 Å². The maximum Gasteiger partial charge on any atom is 0.227 e. The summed E-state index contributed by atoms with van der Waals surface area (Å²) in [6, 6.07) is 3.72. The fraction of sp³-hybridized carbons (Fsp3) is 0.333. The zero-order valence-electron chi connectivity index (χ0n) is 7.03. The van der Waals surface area contributed by atoms with E-state index in [1.165, 1.54) is 0 Å². The second-order valence-corrected chi connectivity index (χ2v) is 3.80. The number of carbonyl (C=O) groups is 1. The number of hydrogen-bond acceptors (Lipinski definition) is 2. The number of hydrogen-bond donors (Lipinski definition) is 0. The molecular weight excluding hydrogens is 232 g/mol. The number of pyridine rings is 1. The van der Waals surface area contributed by atoms with Crippen molar-refractivity contribution < 1.29 is 4.79 Å². The minimum absolute atomic E-state index is 0.207. The van der Waals surface area contributed by atoms with Crippen LogP contribution >= 0.6 is 15.9 Å². The van der Waals surface area contributed by atoms with Crippen molar-refractivity contribution >= 4 is 27.5 Å². The van der Waals surface area contributed by atoms with E-state index in [1.807, 2.05) is 12.1 Å². The van der Waals surface area contributed by atoms with E-state index in [9.17, 15) is 4.79 Å². The van der Waals surface area contributed by atoms with Gasteiger partial charge in [-0.3, -0.25) is 4.79 Å². The van der Waals surface area contributed by atoms with Crippen LogP contribution in [0.15, 0.2) is 22.9 Å². The van der Waals surface area contributed by atoms with Crippen LogP contribution in [0.1, 0.15) is 12.8 Å². The highest BCUT2D eigenvalue weighted by molar-refractivity contribution is 9.10. The van der Waals surface area contributed by atoms with E-state index >= 15 is 0 Å². The van der Waals surface area contributed by atoms with Crippen LogP contribution in [0.4, 0.5) is 5.69 Å². The summed E-state index contributed by atoms with van der Waals surface area (Å²) in [6.07, 6.45) is 3.32. The van der Waals surface area contributed by atoms with Crippen LogP contribution in [-0.2, 0) is 4.79 Å². The summed E-state index contributed by atoms with van der Waals surface area (Å²) in [6.45, 7) is 0.829. The number of carbonyl (C=O) groups excluding carboxylic acids is 1. The van der Waals surface area contributed by atoms with Gasteiger partial charge in [0.2, 0.25) is 5.91 Å². The maximum atomic E-state index is 11.4. The normalized spacial score (nSPS) is 16.7. The van der Waals surface area contributed by atoms with Gasteiger partial charge in [0.15, 0.2) is 0 Å². The third-order valence-corrected chi connectivity index (χ3v) is 2.53. The second-order valence-electron chi connectivity index (χ2n) is 2.99. The fourth-order valence-electron chi connectivity index (χ4n) is 1.48. The molecule has 0 spiro atoms. The van der Waals surface area contributed by atoms with Crippen LogP contribution in [0.3, 0.4) is 0 Å². The molecule has 0 aliphatic carbocycles. The molecule has 0 atom stereocenters. The quantitative estimate of drug-likeness (QED) is 0.704. The van der Waals surface area contributed by atoms with Crippen LogP contribution in [-0.4, -0.2) is 17.4 Å². The van der Waals surface area contributed by atoms with Gasteiger partial charge in [-0.05, 0) is 34.5 Å². The highest BCUT2D eigenvalue weighted by Crippen LogP contribution is 2.22. The van der Waals surface area contributed by atoms with Gasteiger partial charge in [-0.1, -0.05) is 0 Å². The van der Waals surface area contributed by atoms with Crippen LogP contribution in [0.25, 0.3) is 0 Å². The topological polar surface area (TPSA) is 33.2 Å². The minimum Gasteiger partial charge on any atom is -0.312 e. The first-order valence-corrected chi connectivity index (χ1v) is 4.98. The number of rotatable bonds is 1. The molecule has 0 bridgehead atoms. The Labute approximate surface area is 84.9 Å². The molecule has 2 rings (SSSR count). The van der Waals surface area contributed by atoms with Crippen LogP contribution < -0.4 is 4.90 Å². The Morgan fingerprint density at radius 2 is 2.38 bits per heavy atom. The Morgan fingerprint density at radius 1 is 1.54 bits per heavy atom. The fourth-order valence-corrected chi connectivity index (χ4v) is 1.83. The molecule has 0 N–H and O–H groups in total.